The fourth-order valence-corrected chi connectivity index (χ4v) is 3.84. The number of fused-ring (bicyclic) bond motifs is 1. The van der Waals surface area contributed by atoms with Crippen LogP contribution in [-0.4, -0.2) is 31.1 Å². The van der Waals surface area contributed by atoms with Crippen LogP contribution in [0.3, 0.4) is 0 Å². The lowest BCUT2D eigenvalue weighted by atomic mass is 10.0. The van der Waals surface area contributed by atoms with E-state index in [1.807, 2.05) is 19.1 Å². The number of azo groups is 1. The highest BCUT2D eigenvalue weighted by Crippen LogP contribution is 2.40. The van der Waals surface area contributed by atoms with Crippen LogP contribution in [0, 0.1) is 6.92 Å². The van der Waals surface area contributed by atoms with E-state index in [9.17, 15) is 14.7 Å². The Kier molecular flexibility index (Phi) is 7.17. The van der Waals surface area contributed by atoms with Crippen molar-refractivity contribution in [3.05, 3.63) is 88.4 Å². The number of methoxy groups -OCH3 is 1. The molecule has 4 rings (SSSR count). The zero-order valence-corrected chi connectivity index (χ0v) is 20.6. The summed E-state index contributed by atoms with van der Waals surface area (Å²) in [5.41, 5.74) is 2.12. The van der Waals surface area contributed by atoms with E-state index in [-0.39, 0.29) is 28.6 Å². The lowest BCUT2D eigenvalue weighted by molar-refractivity contribution is 0.0962. The Morgan fingerprint density at radius 2 is 1.75 bits per heavy atom. The van der Waals surface area contributed by atoms with Gasteiger partial charge in [-0.15, -0.1) is 10.2 Å². The number of carbonyl (C=O) groups is 2. The first-order valence-electron chi connectivity index (χ1n) is 11.0. The largest absolute Gasteiger partial charge is 0.505 e. The molecule has 0 heterocycles. The molecular formula is C27H23ClN4O4. The normalized spacial score (nSPS) is 11.0. The summed E-state index contributed by atoms with van der Waals surface area (Å²) in [6.45, 7) is 1.84. The third kappa shape index (κ3) is 4.99. The van der Waals surface area contributed by atoms with Crippen LogP contribution in [0.1, 0.15) is 26.3 Å². The van der Waals surface area contributed by atoms with Gasteiger partial charge < -0.3 is 20.5 Å². The molecule has 2 amide bonds. The number of nitrogens with zero attached hydrogens (tertiary/aromatic N) is 2. The monoisotopic (exact) mass is 502 g/mol. The summed E-state index contributed by atoms with van der Waals surface area (Å²) in [6.07, 6.45) is 0. The lowest BCUT2D eigenvalue weighted by Gasteiger charge is -2.13. The Hall–Kier alpha value is -4.43. The van der Waals surface area contributed by atoms with Gasteiger partial charge in [0.1, 0.15) is 17.1 Å². The molecule has 0 bridgehead atoms. The molecule has 0 atom stereocenters. The van der Waals surface area contributed by atoms with Gasteiger partial charge in [0.15, 0.2) is 5.75 Å². The zero-order valence-electron chi connectivity index (χ0n) is 19.8. The van der Waals surface area contributed by atoms with Crippen molar-refractivity contribution in [2.24, 2.45) is 10.2 Å². The Labute approximate surface area is 212 Å². The third-order valence-corrected chi connectivity index (χ3v) is 5.85. The molecular weight excluding hydrogens is 480 g/mol. The van der Waals surface area contributed by atoms with Crippen LogP contribution in [-0.2, 0) is 0 Å². The van der Waals surface area contributed by atoms with Gasteiger partial charge in [0, 0.05) is 28.7 Å². The summed E-state index contributed by atoms with van der Waals surface area (Å²) < 4.78 is 5.35. The predicted octanol–water partition coefficient (Wildman–Crippen LogP) is 6.54. The van der Waals surface area contributed by atoms with Crippen molar-refractivity contribution < 1.29 is 19.4 Å². The number of aromatic hydroxyl groups is 1. The summed E-state index contributed by atoms with van der Waals surface area (Å²) in [7, 11) is 3.00. The molecule has 0 saturated carbocycles. The minimum atomic E-state index is -0.528. The van der Waals surface area contributed by atoms with Crippen LogP contribution in [0.25, 0.3) is 10.8 Å². The van der Waals surface area contributed by atoms with Crippen molar-refractivity contribution in [1.29, 1.82) is 0 Å². The molecule has 4 aromatic carbocycles. The molecule has 0 aromatic heterocycles. The Morgan fingerprint density at radius 3 is 2.50 bits per heavy atom. The van der Waals surface area contributed by atoms with E-state index in [2.05, 4.69) is 20.9 Å². The number of amides is 2. The number of ether oxygens (including phenoxy) is 1. The standard InChI is InChI=1S/C27H23ClN4O4/c1-15-8-10-18(28)14-21(15)30-27(35)20-12-16-6-4-5-7-19(16)24(25(20)33)32-31-22-13-17(26(34)29-2)9-11-23(22)36-3/h4-14,33H,1-3H3,(H,29,34)(H,30,35)/b32-31+. The Morgan fingerprint density at radius 1 is 0.972 bits per heavy atom. The van der Waals surface area contributed by atoms with Crippen LogP contribution < -0.4 is 15.4 Å². The first-order chi connectivity index (χ1) is 17.3. The highest BCUT2D eigenvalue weighted by Gasteiger charge is 2.19. The molecule has 0 aliphatic heterocycles. The first-order valence-corrected chi connectivity index (χ1v) is 11.3. The summed E-state index contributed by atoms with van der Waals surface area (Å²) in [6, 6.07) is 18.7. The Bertz CT molecular complexity index is 1520. The highest BCUT2D eigenvalue weighted by atomic mass is 35.5. The van der Waals surface area contributed by atoms with E-state index in [0.717, 1.165) is 5.56 Å². The van der Waals surface area contributed by atoms with Crippen LogP contribution in [0.5, 0.6) is 11.5 Å². The minimum Gasteiger partial charge on any atom is -0.505 e. The molecule has 0 saturated heterocycles. The number of phenols is 1. The van der Waals surface area contributed by atoms with E-state index in [0.29, 0.717) is 32.8 Å². The van der Waals surface area contributed by atoms with Gasteiger partial charge in [-0.1, -0.05) is 41.9 Å². The van der Waals surface area contributed by atoms with E-state index in [4.69, 9.17) is 16.3 Å². The summed E-state index contributed by atoms with van der Waals surface area (Å²) in [5.74, 6) is -0.770. The second-order valence-corrected chi connectivity index (χ2v) is 8.36. The number of carbonyl (C=O) groups excluding carboxylic acids is 2. The fraction of sp³-hybridized carbons (Fsp3) is 0.111. The lowest BCUT2D eigenvalue weighted by Crippen LogP contribution is -2.17. The van der Waals surface area contributed by atoms with Crippen LogP contribution in [0.2, 0.25) is 5.02 Å². The topological polar surface area (TPSA) is 112 Å². The van der Waals surface area contributed by atoms with Gasteiger partial charge in [0.05, 0.1) is 12.7 Å². The number of nitrogens with one attached hydrogen (secondary N) is 2. The van der Waals surface area contributed by atoms with Gasteiger partial charge in [0.25, 0.3) is 11.8 Å². The molecule has 4 aromatic rings. The zero-order chi connectivity index (χ0) is 25.8. The second kappa shape index (κ2) is 10.5. The number of benzene rings is 4. The molecule has 182 valence electrons. The molecule has 0 aliphatic rings. The smallest absolute Gasteiger partial charge is 0.259 e. The molecule has 8 nitrogen and oxygen atoms in total. The van der Waals surface area contributed by atoms with Crippen molar-refractivity contribution in [3.8, 4) is 11.5 Å². The van der Waals surface area contributed by atoms with Gasteiger partial charge in [0.2, 0.25) is 0 Å². The van der Waals surface area contributed by atoms with Gasteiger partial charge >= 0.3 is 0 Å². The maximum Gasteiger partial charge on any atom is 0.259 e. The van der Waals surface area contributed by atoms with Gasteiger partial charge in [-0.05, 0) is 54.3 Å². The fourth-order valence-electron chi connectivity index (χ4n) is 3.67. The van der Waals surface area contributed by atoms with Crippen molar-refractivity contribution >= 4 is 51.2 Å². The Balaban J connectivity index is 1.80. The van der Waals surface area contributed by atoms with E-state index < -0.39 is 5.91 Å². The summed E-state index contributed by atoms with van der Waals surface area (Å²) in [5, 5.41) is 26.8. The quantitative estimate of drug-likeness (QED) is 0.260. The molecule has 0 radical (unpaired) electrons. The molecule has 0 unspecified atom stereocenters. The van der Waals surface area contributed by atoms with Crippen LogP contribution in [0.4, 0.5) is 17.1 Å². The number of phenolic OH excluding ortho intramolecular Hbond substituents is 1. The molecule has 0 spiro atoms. The van der Waals surface area contributed by atoms with Crippen molar-refractivity contribution in [2.45, 2.75) is 6.92 Å². The van der Waals surface area contributed by atoms with Crippen molar-refractivity contribution in [3.63, 3.8) is 0 Å². The molecule has 3 N–H and O–H groups in total. The average Bonchev–Trinajstić information content (AvgIpc) is 2.89. The number of aryl methyl sites for hydroxylation is 1. The minimum absolute atomic E-state index is 0.0214. The van der Waals surface area contributed by atoms with Crippen molar-refractivity contribution in [2.75, 3.05) is 19.5 Å². The number of anilines is 1. The first kappa shape index (κ1) is 24.7. The molecule has 36 heavy (non-hydrogen) atoms. The maximum absolute atomic E-state index is 13.2. The van der Waals surface area contributed by atoms with E-state index >= 15 is 0 Å². The molecule has 0 aliphatic carbocycles. The van der Waals surface area contributed by atoms with Crippen LogP contribution in [0.15, 0.2) is 77.0 Å². The highest BCUT2D eigenvalue weighted by molar-refractivity contribution is 6.31. The SMILES string of the molecule is CNC(=O)c1ccc(OC)c(/N=N/c2c(O)c(C(=O)Nc3cc(Cl)ccc3C)cc3ccccc23)c1. The summed E-state index contributed by atoms with van der Waals surface area (Å²) >= 11 is 6.08. The average molecular weight is 503 g/mol. The second-order valence-electron chi connectivity index (χ2n) is 7.92. The number of rotatable bonds is 6. The maximum atomic E-state index is 13.2. The number of hydrogen-bond acceptors (Lipinski definition) is 6. The third-order valence-electron chi connectivity index (χ3n) is 5.61. The van der Waals surface area contributed by atoms with E-state index in [1.54, 1.807) is 48.5 Å². The van der Waals surface area contributed by atoms with Gasteiger partial charge in [-0.2, -0.15) is 0 Å². The summed E-state index contributed by atoms with van der Waals surface area (Å²) in [4.78, 5) is 25.2. The molecule has 9 heteroatoms. The van der Waals surface area contributed by atoms with Gasteiger partial charge in [-0.3, -0.25) is 9.59 Å². The van der Waals surface area contributed by atoms with E-state index in [1.165, 1.54) is 20.2 Å². The number of hydrogen-bond donors (Lipinski definition) is 3. The van der Waals surface area contributed by atoms with Crippen LogP contribution >= 0.6 is 11.6 Å². The number of halogens is 1. The molecule has 0 fully saturated rings. The van der Waals surface area contributed by atoms with Gasteiger partial charge in [-0.25, -0.2) is 0 Å². The predicted molar refractivity (Wildman–Crippen MR) is 140 cm³/mol. The van der Waals surface area contributed by atoms with Crippen molar-refractivity contribution in [1.82, 2.24) is 5.32 Å².